The first-order chi connectivity index (χ1) is 12.7. The highest BCUT2D eigenvalue weighted by Gasteiger charge is 2.26. The molecular formula is C18H24N4O3S. The number of methoxy groups -OCH3 is 2. The molecule has 0 amide bonds. The number of ether oxygens (including phenoxy) is 2. The van der Waals surface area contributed by atoms with E-state index in [1.807, 2.05) is 28.8 Å². The number of piperidine rings is 1. The first-order valence-electron chi connectivity index (χ1n) is 8.74. The van der Waals surface area contributed by atoms with Crippen molar-refractivity contribution < 1.29 is 14.3 Å². The Balaban J connectivity index is 2.04. The average Bonchev–Trinajstić information content (AvgIpc) is 3.11. The minimum absolute atomic E-state index is 0.288. The van der Waals surface area contributed by atoms with Crippen molar-refractivity contribution in [3.8, 4) is 11.4 Å². The van der Waals surface area contributed by atoms with Gasteiger partial charge in [0.2, 0.25) is 5.95 Å². The van der Waals surface area contributed by atoms with Crippen LogP contribution in [0.3, 0.4) is 0 Å². The van der Waals surface area contributed by atoms with Crippen LogP contribution in [0, 0.1) is 0 Å². The van der Waals surface area contributed by atoms with Crippen LogP contribution in [0.1, 0.15) is 26.2 Å². The zero-order valence-corrected chi connectivity index (χ0v) is 16.2. The number of nitrogens with zero attached hydrogens (tertiary/aromatic N) is 4. The second-order valence-corrected chi connectivity index (χ2v) is 7.43. The van der Waals surface area contributed by atoms with Gasteiger partial charge < -0.3 is 14.4 Å². The number of hydrogen-bond donors (Lipinski definition) is 0. The largest absolute Gasteiger partial charge is 0.495 e. The molecule has 3 rings (SSSR count). The van der Waals surface area contributed by atoms with Gasteiger partial charge in [-0.1, -0.05) is 23.9 Å². The van der Waals surface area contributed by atoms with Crippen LogP contribution in [-0.2, 0) is 9.53 Å². The van der Waals surface area contributed by atoms with Crippen LogP contribution >= 0.6 is 11.8 Å². The fourth-order valence-electron chi connectivity index (χ4n) is 3.03. The lowest BCUT2D eigenvalue weighted by Crippen LogP contribution is -2.31. The second-order valence-electron chi connectivity index (χ2n) is 6.12. The van der Waals surface area contributed by atoms with E-state index in [1.165, 1.54) is 25.3 Å². The molecule has 7 nitrogen and oxygen atoms in total. The van der Waals surface area contributed by atoms with E-state index in [0.717, 1.165) is 43.3 Å². The molecule has 140 valence electrons. The van der Waals surface area contributed by atoms with Crippen molar-refractivity contribution >= 4 is 23.7 Å². The molecule has 1 atom stereocenters. The Bertz CT molecular complexity index is 759. The summed E-state index contributed by atoms with van der Waals surface area (Å²) in [6.45, 7) is 3.70. The summed E-state index contributed by atoms with van der Waals surface area (Å²) < 4.78 is 12.4. The van der Waals surface area contributed by atoms with Crippen LogP contribution in [0.5, 0.6) is 5.75 Å². The minimum Gasteiger partial charge on any atom is -0.495 e. The summed E-state index contributed by atoms with van der Waals surface area (Å²) >= 11 is 1.33. The lowest BCUT2D eigenvalue weighted by atomic mass is 10.1. The molecule has 1 saturated heterocycles. The average molecular weight is 376 g/mol. The molecular weight excluding hydrogens is 352 g/mol. The number of benzene rings is 1. The number of aromatic nitrogens is 3. The summed E-state index contributed by atoms with van der Waals surface area (Å²) in [4.78, 5) is 14.1. The van der Waals surface area contributed by atoms with Crippen molar-refractivity contribution in [2.24, 2.45) is 0 Å². The molecule has 0 saturated carbocycles. The molecule has 0 radical (unpaired) electrons. The molecule has 1 unspecified atom stereocenters. The molecule has 0 bridgehead atoms. The molecule has 2 aromatic rings. The maximum Gasteiger partial charge on any atom is 0.318 e. The number of carbonyl (C=O) groups is 1. The third kappa shape index (κ3) is 3.80. The van der Waals surface area contributed by atoms with Crippen molar-refractivity contribution in [2.45, 2.75) is 36.6 Å². The van der Waals surface area contributed by atoms with Crippen LogP contribution in [0.4, 0.5) is 5.95 Å². The minimum atomic E-state index is -0.383. The second kappa shape index (κ2) is 8.44. The summed E-state index contributed by atoms with van der Waals surface area (Å²) in [5.74, 6) is 1.23. The molecule has 1 aromatic carbocycles. The highest BCUT2D eigenvalue weighted by molar-refractivity contribution is 8.00. The Morgan fingerprint density at radius 2 is 1.88 bits per heavy atom. The molecule has 0 N–H and O–H groups in total. The number of esters is 1. The lowest BCUT2D eigenvalue weighted by molar-refractivity contribution is -0.139. The van der Waals surface area contributed by atoms with Crippen molar-refractivity contribution in [3.63, 3.8) is 0 Å². The van der Waals surface area contributed by atoms with Gasteiger partial charge in [0.1, 0.15) is 11.0 Å². The van der Waals surface area contributed by atoms with E-state index in [0.29, 0.717) is 5.16 Å². The Morgan fingerprint density at radius 1 is 1.15 bits per heavy atom. The van der Waals surface area contributed by atoms with E-state index in [-0.39, 0.29) is 11.2 Å². The monoisotopic (exact) mass is 376 g/mol. The lowest BCUT2D eigenvalue weighted by Gasteiger charge is -2.28. The number of carbonyl (C=O) groups excluding carboxylic acids is 1. The highest BCUT2D eigenvalue weighted by Crippen LogP contribution is 2.34. The molecule has 1 aromatic heterocycles. The predicted octanol–water partition coefficient (Wildman–Crippen LogP) is 2.92. The fraction of sp³-hybridized carbons (Fsp3) is 0.500. The third-order valence-corrected chi connectivity index (χ3v) is 5.42. The maximum absolute atomic E-state index is 11.9. The van der Waals surface area contributed by atoms with Crippen LogP contribution in [-0.4, -0.2) is 53.3 Å². The van der Waals surface area contributed by atoms with Crippen LogP contribution < -0.4 is 9.64 Å². The Labute approximate surface area is 157 Å². The zero-order chi connectivity index (χ0) is 18.5. The summed E-state index contributed by atoms with van der Waals surface area (Å²) in [6.07, 6.45) is 3.51. The van der Waals surface area contributed by atoms with Gasteiger partial charge in [0.05, 0.1) is 19.9 Å². The van der Waals surface area contributed by atoms with E-state index >= 15 is 0 Å². The Morgan fingerprint density at radius 3 is 2.58 bits per heavy atom. The fourth-order valence-corrected chi connectivity index (χ4v) is 3.92. The summed E-state index contributed by atoms with van der Waals surface area (Å²) in [6, 6.07) is 7.77. The van der Waals surface area contributed by atoms with Crippen molar-refractivity contribution in [2.75, 3.05) is 32.2 Å². The van der Waals surface area contributed by atoms with Crippen molar-refractivity contribution in [1.29, 1.82) is 0 Å². The highest BCUT2D eigenvalue weighted by atomic mass is 32.2. The van der Waals surface area contributed by atoms with E-state index in [1.54, 1.807) is 14.0 Å². The number of rotatable bonds is 6. The molecule has 1 fully saturated rings. The normalized spacial score (nSPS) is 15.6. The summed E-state index contributed by atoms with van der Waals surface area (Å²) in [7, 11) is 3.04. The van der Waals surface area contributed by atoms with Crippen molar-refractivity contribution in [3.05, 3.63) is 24.3 Å². The van der Waals surface area contributed by atoms with Gasteiger partial charge >= 0.3 is 5.97 Å². The molecule has 26 heavy (non-hydrogen) atoms. The van der Waals surface area contributed by atoms with E-state index in [9.17, 15) is 4.79 Å². The van der Waals surface area contributed by atoms with Crippen molar-refractivity contribution in [1.82, 2.24) is 14.8 Å². The Hall–Kier alpha value is -2.22. The van der Waals surface area contributed by atoms with Crippen LogP contribution in [0.2, 0.25) is 0 Å². The summed E-state index contributed by atoms with van der Waals surface area (Å²) in [5.41, 5.74) is 0.861. The van der Waals surface area contributed by atoms with E-state index < -0.39 is 0 Å². The van der Waals surface area contributed by atoms with Gasteiger partial charge in [-0.15, -0.1) is 10.2 Å². The van der Waals surface area contributed by atoms with E-state index in [2.05, 4.69) is 15.1 Å². The van der Waals surface area contributed by atoms with E-state index in [4.69, 9.17) is 9.47 Å². The Kier molecular flexibility index (Phi) is 6.03. The number of hydrogen-bond acceptors (Lipinski definition) is 7. The van der Waals surface area contributed by atoms with Gasteiger partial charge in [-0.2, -0.15) is 0 Å². The molecule has 1 aliphatic heterocycles. The molecule has 2 heterocycles. The van der Waals surface area contributed by atoms with Gasteiger partial charge in [0.25, 0.3) is 0 Å². The number of thioether (sulfide) groups is 1. The first kappa shape index (κ1) is 18.6. The van der Waals surface area contributed by atoms with Crippen LogP contribution in [0.15, 0.2) is 29.4 Å². The first-order valence-corrected chi connectivity index (χ1v) is 9.62. The molecule has 0 spiro atoms. The topological polar surface area (TPSA) is 69.5 Å². The van der Waals surface area contributed by atoms with Gasteiger partial charge in [-0.25, -0.2) is 0 Å². The quantitative estimate of drug-likeness (QED) is 0.567. The SMILES string of the molecule is COC(=O)C(C)Sc1nnc(N2CCCCC2)n1-c1ccccc1OC. The molecule has 1 aliphatic rings. The third-order valence-electron chi connectivity index (χ3n) is 4.40. The maximum atomic E-state index is 11.9. The smallest absolute Gasteiger partial charge is 0.318 e. The number of para-hydroxylation sites is 2. The van der Waals surface area contributed by atoms with Gasteiger partial charge in [0, 0.05) is 13.1 Å². The standard InChI is InChI=1S/C18H24N4O3S/c1-13(16(23)25-3)26-18-20-19-17(21-11-7-4-8-12-21)22(18)14-9-5-6-10-15(14)24-2/h5-6,9-10,13H,4,7-8,11-12H2,1-3H3. The molecule has 0 aliphatic carbocycles. The van der Waals surface area contributed by atoms with Gasteiger partial charge in [0.15, 0.2) is 5.16 Å². The number of anilines is 1. The zero-order valence-electron chi connectivity index (χ0n) is 15.3. The van der Waals surface area contributed by atoms with Crippen LogP contribution in [0.25, 0.3) is 5.69 Å². The molecule has 8 heteroatoms. The summed E-state index contributed by atoms with van der Waals surface area (Å²) in [5, 5.41) is 9.07. The predicted molar refractivity (Wildman–Crippen MR) is 101 cm³/mol. The van der Waals surface area contributed by atoms with Gasteiger partial charge in [-0.05, 0) is 38.3 Å². The van der Waals surface area contributed by atoms with Gasteiger partial charge in [-0.3, -0.25) is 9.36 Å².